The molecule has 0 radical (unpaired) electrons. The third-order valence-corrected chi connectivity index (χ3v) is 9.10. The topological polar surface area (TPSA) is 53.1 Å². The zero-order valence-corrected chi connectivity index (χ0v) is 18.7. The van der Waals surface area contributed by atoms with Gasteiger partial charge in [-0.05, 0) is 77.0 Å². The smallest absolute Gasteiger partial charge is 0.246 e. The van der Waals surface area contributed by atoms with Gasteiger partial charge in [0.25, 0.3) is 0 Å². The minimum absolute atomic E-state index is 0.0973. The van der Waals surface area contributed by atoms with Crippen LogP contribution in [0.15, 0.2) is 29.2 Å². The molecular formula is C22H35N3O3S. The van der Waals surface area contributed by atoms with Gasteiger partial charge < -0.3 is 14.5 Å². The summed E-state index contributed by atoms with van der Waals surface area (Å²) in [4.78, 5) is 5.32. The summed E-state index contributed by atoms with van der Waals surface area (Å²) in [6.07, 6.45) is 4.57. The molecule has 4 rings (SSSR count). The lowest BCUT2D eigenvalue weighted by Gasteiger charge is -2.45. The van der Waals surface area contributed by atoms with E-state index in [0.717, 1.165) is 31.8 Å². The Hall–Kier alpha value is -1.15. The Labute approximate surface area is 175 Å². The van der Waals surface area contributed by atoms with Gasteiger partial charge in [-0.15, -0.1) is 0 Å². The summed E-state index contributed by atoms with van der Waals surface area (Å²) in [5, 5.41) is 0. The fourth-order valence-electron chi connectivity index (χ4n) is 5.06. The zero-order chi connectivity index (χ0) is 20.5. The average Bonchev–Trinajstić information content (AvgIpc) is 2.73. The van der Waals surface area contributed by atoms with Crippen molar-refractivity contribution in [2.45, 2.75) is 37.5 Å². The lowest BCUT2D eigenvalue weighted by atomic mass is 9.78. The summed E-state index contributed by atoms with van der Waals surface area (Å²) in [5.74, 6) is 1.30. The van der Waals surface area contributed by atoms with Crippen LogP contribution in [0.5, 0.6) is 5.75 Å². The van der Waals surface area contributed by atoms with E-state index in [1.54, 1.807) is 22.5 Å². The van der Waals surface area contributed by atoms with E-state index in [2.05, 4.69) is 16.8 Å². The molecule has 2 saturated heterocycles. The van der Waals surface area contributed by atoms with E-state index in [1.807, 2.05) is 13.0 Å². The minimum Gasteiger partial charge on any atom is -0.492 e. The van der Waals surface area contributed by atoms with Gasteiger partial charge in [-0.1, -0.05) is 19.1 Å². The summed E-state index contributed by atoms with van der Waals surface area (Å²) in [6.45, 7) is 9.26. The first-order chi connectivity index (χ1) is 13.9. The van der Waals surface area contributed by atoms with Gasteiger partial charge in [0.15, 0.2) is 0 Å². The second kappa shape index (κ2) is 8.53. The molecule has 3 aliphatic rings. The van der Waals surface area contributed by atoms with Crippen LogP contribution in [-0.4, -0.2) is 82.0 Å². The Bertz CT molecular complexity index is 797. The molecule has 0 unspecified atom stereocenters. The number of likely N-dealkylation sites (tertiary alicyclic amines) is 2. The van der Waals surface area contributed by atoms with Gasteiger partial charge in [-0.25, -0.2) is 8.42 Å². The number of sulfonamides is 1. The molecule has 3 aliphatic heterocycles. The van der Waals surface area contributed by atoms with Crippen molar-refractivity contribution in [3.8, 4) is 5.75 Å². The molecule has 0 aromatic heterocycles. The Morgan fingerprint density at radius 1 is 1.10 bits per heavy atom. The molecule has 6 nitrogen and oxygen atoms in total. The number of fused-ring (bicyclic) bond motifs is 1. The fourth-order valence-corrected chi connectivity index (χ4v) is 6.75. The average molecular weight is 422 g/mol. The Balaban J connectivity index is 1.45. The summed E-state index contributed by atoms with van der Waals surface area (Å²) >= 11 is 0. The summed E-state index contributed by atoms with van der Waals surface area (Å²) in [5.41, 5.74) is -0.0973. The van der Waals surface area contributed by atoms with E-state index >= 15 is 0 Å². The van der Waals surface area contributed by atoms with Crippen molar-refractivity contribution in [2.75, 3.05) is 59.5 Å². The molecule has 0 amide bonds. The largest absolute Gasteiger partial charge is 0.492 e. The van der Waals surface area contributed by atoms with Crippen molar-refractivity contribution >= 4 is 10.0 Å². The van der Waals surface area contributed by atoms with Crippen molar-refractivity contribution < 1.29 is 13.2 Å². The Morgan fingerprint density at radius 3 is 2.48 bits per heavy atom. The van der Waals surface area contributed by atoms with Crippen molar-refractivity contribution in [1.29, 1.82) is 0 Å². The molecule has 162 valence electrons. The number of ether oxygens (including phenoxy) is 1. The molecule has 3 heterocycles. The van der Waals surface area contributed by atoms with Crippen LogP contribution >= 0.6 is 0 Å². The molecule has 0 saturated carbocycles. The predicted octanol–water partition coefficient (Wildman–Crippen LogP) is 2.51. The quantitative estimate of drug-likeness (QED) is 0.751. The predicted molar refractivity (Wildman–Crippen MR) is 115 cm³/mol. The van der Waals surface area contributed by atoms with E-state index in [4.69, 9.17) is 4.74 Å². The maximum absolute atomic E-state index is 13.2. The van der Waals surface area contributed by atoms with Crippen molar-refractivity contribution in [3.05, 3.63) is 24.3 Å². The van der Waals surface area contributed by atoms with Gasteiger partial charge in [0.05, 0.1) is 6.61 Å². The lowest BCUT2D eigenvalue weighted by molar-refractivity contribution is 0.0270. The molecule has 0 bridgehead atoms. The maximum Gasteiger partial charge on any atom is 0.246 e. The summed E-state index contributed by atoms with van der Waals surface area (Å²) < 4.78 is 34.2. The van der Waals surface area contributed by atoms with Crippen LogP contribution in [0.4, 0.5) is 0 Å². The number of hydrogen-bond donors (Lipinski definition) is 0. The third-order valence-electron chi connectivity index (χ3n) is 7.14. The van der Waals surface area contributed by atoms with Gasteiger partial charge in [0.2, 0.25) is 10.0 Å². The van der Waals surface area contributed by atoms with Crippen LogP contribution in [0.3, 0.4) is 0 Å². The molecule has 1 aromatic rings. The third kappa shape index (κ3) is 4.48. The van der Waals surface area contributed by atoms with Gasteiger partial charge in [0, 0.05) is 25.0 Å². The summed E-state index contributed by atoms with van der Waals surface area (Å²) in [6, 6.07) is 7.07. The molecule has 29 heavy (non-hydrogen) atoms. The van der Waals surface area contributed by atoms with Crippen LogP contribution in [0, 0.1) is 11.3 Å². The number of para-hydroxylation sites is 1. The number of benzene rings is 1. The normalized spacial score (nSPS) is 26.4. The SMILES string of the molecule is CCN1CC2(CCN(CC3CCN(C)CC3)CC2)COc2ccccc2S1(=O)=O. The molecule has 1 aromatic carbocycles. The van der Waals surface area contributed by atoms with Crippen LogP contribution in [0.25, 0.3) is 0 Å². The van der Waals surface area contributed by atoms with Gasteiger partial charge in [0.1, 0.15) is 10.6 Å². The number of hydrogen-bond acceptors (Lipinski definition) is 5. The lowest BCUT2D eigenvalue weighted by Crippen LogP contribution is -2.52. The molecular weight excluding hydrogens is 386 g/mol. The standard InChI is InChI=1S/C22H35N3O3S/c1-3-25-17-22(18-28-20-6-4-5-7-21(20)29(25,26)27)10-14-24(15-11-22)16-19-8-12-23(2)13-9-19/h4-7,19H,3,8-18H2,1-2H3. The van der Waals surface area contributed by atoms with E-state index in [9.17, 15) is 8.42 Å². The highest BCUT2D eigenvalue weighted by molar-refractivity contribution is 7.89. The molecule has 0 N–H and O–H groups in total. The van der Waals surface area contributed by atoms with E-state index in [0.29, 0.717) is 30.3 Å². The van der Waals surface area contributed by atoms with Gasteiger partial charge in [-0.3, -0.25) is 0 Å². The van der Waals surface area contributed by atoms with Crippen LogP contribution in [-0.2, 0) is 10.0 Å². The monoisotopic (exact) mass is 421 g/mol. The first-order valence-corrected chi connectivity index (χ1v) is 12.5. The van der Waals surface area contributed by atoms with E-state index in [-0.39, 0.29) is 5.41 Å². The molecule has 0 atom stereocenters. The number of piperidine rings is 2. The van der Waals surface area contributed by atoms with Gasteiger partial charge >= 0.3 is 0 Å². The van der Waals surface area contributed by atoms with Crippen LogP contribution < -0.4 is 4.74 Å². The molecule has 2 fully saturated rings. The highest BCUT2D eigenvalue weighted by Crippen LogP contribution is 2.39. The van der Waals surface area contributed by atoms with Crippen molar-refractivity contribution in [3.63, 3.8) is 0 Å². The molecule has 1 spiro atoms. The minimum atomic E-state index is -3.52. The molecule has 7 heteroatoms. The molecule has 0 aliphatic carbocycles. The maximum atomic E-state index is 13.2. The number of rotatable bonds is 3. The number of nitrogens with zero attached hydrogens (tertiary/aromatic N) is 3. The van der Waals surface area contributed by atoms with Gasteiger partial charge in [-0.2, -0.15) is 4.31 Å². The zero-order valence-electron chi connectivity index (χ0n) is 17.8. The van der Waals surface area contributed by atoms with E-state index in [1.165, 1.54) is 32.5 Å². The van der Waals surface area contributed by atoms with Crippen molar-refractivity contribution in [2.24, 2.45) is 11.3 Å². The van der Waals surface area contributed by atoms with Crippen LogP contribution in [0.1, 0.15) is 32.6 Å². The van der Waals surface area contributed by atoms with Crippen LogP contribution in [0.2, 0.25) is 0 Å². The second-order valence-electron chi connectivity index (χ2n) is 9.21. The fraction of sp³-hybridized carbons (Fsp3) is 0.727. The highest BCUT2D eigenvalue weighted by Gasteiger charge is 2.42. The Kier molecular flexibility index (Phi) is 6.21. The first kappa shape index (κ1) is 21.1. The Morgan fingerprint density at radius 2 is 1.79 bits per heavy atom. The summed E-state index contributed by atoms with van der Waals surface area (Å²) in [7, 11) is -1.31. The second-order valence-corrected chi connectivity index (χ2v) is 11.1. The first-order valence-electron chi connectivity index (χ1n) is 11.0. The van der Waals surface area contributed by atoms with E-state index < -0.39 is 10.0 Å². The highest BCUT2D eigenvalue weighted by atomic mass is 32.2. The van der Waals surface area contributed by atoms with Crippen molar-refractivity contribution in [1.82, 2.24) is 14.1 Å².